The maximum Gasteiger partial charge on any atom is 0.217 e. The third-order valence-electron chi connectivity index (χ3n) is 2.75. The van der Waals surface area contributed by atoms with Crippen molar-refractivity contribution in [1.29, 1.82) is 0 Å². The Bertz CT molecular complexity index is 368. The van der Waals surface area contributed by atoms with Crippen LogP contribution in [0.3, 0.4) is 0 Å². The number of amides is 1. The molecule has 1 aromatic rings. The minimum absolute atomic E-state index is 0.0274. The lowest BCUT2D eigenvalue weighted by atomic mass is 10.0. The second-order valence-electron chi connectivity index (χ2n) is 4.26. The molecule has 1 aromatic carbocycles. The SMILES string of the molecule is CC(=O)NC1(Cc2ccc(Cl)cc2)CC1. The number of carbonyl (C=O) groups is 1. The van der Waals surface area contributed by atoms with Crippen molar-refractivity contribution in [3.63, 3.8) is 0 Å². The van der Waals surface area contributed by atoms with Gasteiger partial charge in [0.25, 0.3) is 0 Å². The first-order valence-corrected chi connectivity index (χ1v) is 5.51. The standard InChI is InChI=1S/C12H14ClNO/c1-9(15)14-12(6-7-12)8-10-2-4-11(13)5-3-10/h2-5H,6-8H2,1H3,(H,14,15). The van der Waals surface area contributed by atoms with Crippen molar-refractivity contribution in [1.82, 2.24) is 5.32 Å². The summed E-state index contributed by atoms with van der Waals surface area (Å²) in [7, 11) is 0. The molecule has 3 heteroatoms. The molecule has 1 aliphatic rings. The predicted octanol–water partition coefficient (Wildman–Crippen LogP) is 2.55. The Morgan fingerprint density at radius 3 is 2.47 bits per heavy atom. The van der Waals surface area contributed by atoms with E-state index in [9.17, 15) is 4.79 Å². The molecule has 2 nitrogen and oxygen atoms in total. The van der Waals surface area contributed by atoms with Crippen LogP contribution in [0.4, 0.5) is 0 Å². The summed E-state index contributed by atoms with van der Waals surface area (Å²) in [5, 5.41) is 3.77. The molecule has 0 saturated heterocycles. The molecule has 1 saturated carbocycles. The van der Waals surface area contributed by atoms with E-state index in [2.05, 4.69) is 5.32 Å². The van der Waals surface area contributed by atoms with Gasteiger partial charge in [-0.05, 0) is 37.0 Å². The zero-order valence-corrected chi connectivity index (χ0v) is 9.47. The average molecular weight is 224 g/mol. The van der Waals surface area contributed by atoms with Crippen LogP contribution in [0.25, 0.3) is 0 Å². The van der Waals surface area contributed by atoms with Crippen LogP contribution >= 0.6 is 11.6 Å². The van der Waals surface area contributed by atoms with Crippen molar-refractivity contribution < 1.29 is 4.79 Å². The van der Waals surface area contributed by atoms with Crippen LogP contribution in [0.5, 0.6) is 0 Å². The summed E-state index contributed by atoms with van der Waals surface area (Å²) in [4.78, 5) is 11.0. The zero-order valence-electron chi connectivity index (χ0n) is 8.72. The Hall–Kier alpha value is -1.02. The normalized spacial score (nSPS) is 17.2. The summed E-state index contributed by atoms with van der Waals surface area (Å²) in [6.07, 6.45) is 3.06. The first-order chi connectivity index (χ1) is 7.10. The first kappa shape index (κ1) is 10.5. The van der Waals surface area contributed by atoms with Crippen molar-refractivity contribution in [2.45, 2.75) is 31.7 Å². The van der Waals surface area contributed by atoms with Crippen molar-refractivity contribution in [2.24, 2.45) is 0 Å². The number of hydrogen-bond acceptors (Lipinski definition) is 1. The van der Waals surface area contributed by atoms with Crippen LogP contribution in [0.15, 0.2) is 24.3 Å². The Kier molecular flexibility index (Phi) is 2.70. The Labute approximate surface area is 94.6 Å². The van der Waals surface area contributed by atoms with Crippen LogP contribution < -0.4 is 5.32 Å². The second kappa shape index (κ2) is 3.86. The molecule has 0 heterocycles. The molecule has 0 aromatic heterocycles. The van der Waals surface area contributed by atoms with Gasteiger partial charge in [-0.1, -0.05) is 23.7 Å². The number of nitrogens with one attached hydrogen (secondary N) is 1. The lowest BCUT2D eigenvalue weighted by Gasteiger charge is -2.16. The van der Waals surface area contributed by atoms with Crippen molar-refractivity contribution in [2.75, 3.05) is 0 Å². The highest BCUT2D eigenvalue weighted by Crippen LogP contribution is 2.38. The number of rotatable bonds is 3. The molecular formula is C12H14ClNO. The summed E-state index contributed by atoms with van der Waals surface area (Å²) >= 11 is 5.81. The van der Waals surface area contributed by atoms with Crippen molar-refractivity contribution in [3.8, 4) is 0 Å². The lowest BCUT2D eigenvalue weighted by molar-refractivity contribution is -0.119. The minimum atomic E-state index is 0.0274. The molecule has 1 fully saturated rings. The van der Waals surface area contributed by atoms with E-state index in [1.165, 1.54) is 5.56 Å². The fraction of sp³-hybridized carbons (Fsp3) is 0.417. The van der Waals surface area contributed by atoms with Crippen LogP contribution in [0.1, 0.15) is 25.3 Å². The van der Waals surface area contributed by atoms with Gasteiger partial charge in [-0.3, -0.25) is 4.79 Å². The Balaban J connectivity index is 2.02. The highest BCUT2D eigenvalue weighted by atomic mass is 35.5. The van der Waals surface area contributed by atoms with Gasteiger partial charge in [-0.2, -0.15) is 0 Å². The van der Waals surface area contributed by atoms with Crippen LogP contribution in [-0.2, 0) is 11.2 Å². The van der Waals surface area contributed by atoms with Gasteiger partial charge in [-0.15, -0.1) is 0 Å². The summed E-state index contributed by atoms with van der Waals surface area (Å²) in [6.45, 7) is 1.57. The largest absolute Gasteiger partial charge is 0.351 e. The molecule has 15 heavy (non-hydrogen) atoms. The second-order valence-corrected chi connectivity index (χ2v) is 4.70. The molecule has 0 radical (unpaired) electrons. The third kappa shape index (κ3) is 2.72. The molecule has 0 spiro atoms. The van der Waals surface area contributed by atoms with E-state index in [0.29, 0.717) is 0 Å². The summed E-state index contributed by atoms with van der Waals surface area (Å²) in [5.41, 5.74) is 1.25. The van der Waals surface area contributed by atoms with Gasteiger partial charge in [0, 0.05) is 17.5 Å². The van der Waals surface area contributed by atoms with Gasteiger partial charge in [0.15, 0.2) is 0 Å². The number of benzene rings is 1. The highest BCUT2D eigenvalue weighted by molar-refractivity contribution is 6.30. The van der Waals surface area contributed by atoms with Gasteiger partial charge >= 0.3 is 0 Å². The Morgan fingerprint density at radius 1 is 1.40 bits per heavy atom. The zero-order chi connectivity index (χ0) is 10.9. The molecule has 80 valence electrons. The molecule has 1 aliphatic carbocycles. The molecule has 0 unspecified atom stereocenters. The summed E-state index contributed by atoms with van der Waals surface area (Å²) in [6, 6.07) is 7.82. The molecule has 0 atom stereocenters. The van der Waals surface area contributed by atoms with Gasteiger partial charge in [0.05, 0.1) is 0 Å². The van der Waals surface area contributed by atoms with Gasteiger partial charge < -0.3 is 5.32 Å². The molecule has 0 aliphatic heterocycles. The average Bonchev–Trinajstić information content (AvgIpc) is 2.88. The van der Waals surface area contributed by atoms with Crippen LogP contribution in [-0.4, -0.2) is 11.4 Å². The Morgan fingerprint density at radius 2 is 2.00 bits per heavy atom. The molecule has 1 N–H and O–H groups in total. The molecule has 1 amide bonds. The lowest BCUT2D eigenvalue weighted by Crippen LogP contribution is -2.36. The van der Waals surface area contributed by atoms with E-state index in [1.807, 2.05) is 24.3 Å². The molecule has 2 rings (SSSR count). The van der Waals surface area contributed by atoms with E-state index >= 15 is 0 Å². The number of carbonyl (C=O) groups excluding carboxylic acids is 1. The van der Waals surface area contributed by atoms with Crippen molar-refractivity contribution >= 4 is 17.5 Å². The molecule has 0 bridgehead atoms. The van der Waals surface area contributed by atoms with Crippen molar-refractivity contribution in [3.05, 3.63) is 34.9 Å². The van der Waals surface area contributed by atoms with E-state index < -0.39 is 0 Å². The highest BCUT2D eigenvalue weighted by Gasteiger charge is 2.43. The van der Waals surface area contributed by atoms with Gasteiger partial charge in [0.2, 0.25) is 5.91 Å². The molecular weight excluding hydrogens is 210 g/mol. The fourth-order valence-electron chi connectivity index (χ4n) is 1.86. The monoisotopic (exact) mass is 223 g/mol. The number of hydrogen-bond donors (Lipinski definition) is 1. The quantitative estimate of drug-likeness (QED) is 0.839. The smallest absolute Gasteiger partial charge is 0.217 e. The van der Waals surface area contributed by atoms with E-state index in [-0.39, 0.29) is 11.4 Å². The van der Waals surface area contributed by atoms with Crippen LogP contribution in [0.2, 0.25) is 5.02 Å². The first-order valence-electron chi connectivity index (χ1n) is 5.13. The van der Waals surface area contributed by atoms with Gasteiger partial charge in [-0.25, -0.2) is 0 Å². The third-order valence-corrected chi connectivity index (χ3v) is 3.00. The van der Waals surface area contributed by atoms with E-state index in [0.717, 1.165) is 24.3 Å². The van der Waals surface area contributed by atoms with Gasteiger partial charge in [0.1, 0.15) is 0 Å². The minimum Gasteiger partial charge on any atom is -0.351 e. The van der Waals surface area contributed by atoms with Crippen LogP contribution in [0, 0.1) is 0 Å². The van der Waals surface area contributed by atoms with E-state index in [4.69, 9.17) is 11.6 Å². The predicted molar refractivity (Wildman–Crippen MR) is 60.9 cm³/mol. The topological polar surface area (TPSA) is 29.1 Å². The maximum atomic E-state index is 11.0. The number of halogens is 1. The van der Waals surface area contributed by atoms with E-state index in [1.54, 1.807) is 6.92 Å². The fourth-order valence-corrected chi connectivity index (χ4v) is 1.99. The summed E-state index contributed by atoms with van der Waals surface area (Å²) < 4.78 is 0. The maximum absolute atomic E-state index is 11.0. The summed E-state index contributed by atoms with van der Waals surface area (Å²) in [5.74, 6) is 0.0569.